The van der Waals surface area contributed by atoms with Gasteiger partial charge in [-0.3, -0.25) is 14.5 Å². The highest BCUT2D eigenvalue weighted by Gasteiger charge is 2.29. The summed E-state index contributed by atoms with van der Waals surface area (Å²) in [6.45, 7) is 5.30. The van der Waals surface area contributed by atoms with Crippen molar-refractivity contribution in [1.82, 2.24) is 24.6 Å². The van der Waals surface area contributed by atoms with Crippen molar-refractivity contribution < 1.29 is 9.53 Å². The summed E-state index contributed by atoms with van der Waals surface area (Å²) < 4.78 is 7.77. The molecule has 4 rings (SSSR count). The van der Waals surface area contributed by atoms with Crippen LogP contribution in [0.15, 0.2) is 42.9 Å². The third kappa shape index (κ3) is 3.99. The highest BCUT2D eigenvalue weighted by Crippen LogP contribution is 2.34. The number of carbonyl (C=O) groups excluding carboxylic acids is 1. The summed E-state index contributed by atoms with van der Waals surface area (Å²) in [5.74, 6) is 1.56. The monoisotopic (exact) mass is 391 g/mol. The molecule has 7 heteroatoms. The lowest BCUT2D eigenvalue weighted by atomic mass is 9.93. The van der Waals surface area contributed by atoms with E-state index in [1.54, 1.807) is 23.3 Å². The van der Waals surface area contributed by atoms with E-state index < -0.39 is 0 Å². The topological polar surface area (TPSA) is 73.1 Å². The number of ether oxygens (including phenoxy) is 1. The van der Waals surface area contributed by atoms with Crippen LogP contribution in [0.25, 0.3) is 0 Å². The molecule has 2 aromatic heterocycles. The fraction of sp³-hybridized carbons (Fsp3) is 0.364. The van der Waals surface area contributed by atoms with E-state index in [4.69, 9.17) is 4.74 Å². The summed E-state index contributed by atoms with van der Waals surface area (Å²) in [6, 6.07) is 7.89. The first-order valence-electron chi connectivity index (χ1n) is 9.86. The van der Waals surface area contributed by atoms with Crippen LogP contribution in [0.1, 0.15) is 46.1 Å². The van der Waals surface area contributed by atoms with Crippen molar-refractivity contribution in [3.8, 4) is 11.6 Å². The smallest absolute Gasteiger partial charge is 0.257 e. The van der Waals surface area contributed by atoms with Crippen LogP contribution in [-0.4, -0.2) is 43.6 Å². The molecule has 1 aliphatic rings. The van der Waals surface area contributed by atoms with E-state index in [0.29, 0.717) is 24.5 Å². The largest absolute Gasteiger partial charge is 0.437 e. The maximum absolute atomic E-state index is 12.8. The Balaban J connectivity index is 1.46. The molecule has 1 aliphatic heterocycles. The standard InChI is InChI=1S/C22H25N5O2/c1-15-5-4-6-18(13-15)29-21-20(23-9-10-24-21)17-7-11-27(12-8-17)22(28)19-14-25-26(3)16(19)2/h4-6,9-10,13-14,17H,7-8,11-12H2,1-3H3. The van der Waals surface area contributed by atoms with Gasteiger partial charge < -0.3 is 9.64 Å². The van der Waals surface area contributed by atoms with E-state index in [2.05, 4.69) is 15.1 Å². The lowest BCUT2D eigenvalue weighted by molar-refractivity contribution is 0.0710. The van der Waals surface area contributed by atoms with Crippen LogP contribution in [0.2, 0.25) is 0 Å². The molecule has 150 valence electrons. The van der Waals surface area contributed by atoms with Crippen molar-refractivity contribution in [1.29, 1.82) is 0 Å². The molecule has 3 heterocycles. The van der Waals surface area contributed by atoms with Gasteiger partial charge in [0, 0.05) is 44.1 Å². The van der Waals surface area contributed by atoms with Gasteiger partial charge in [0.1, 0.15) is 11.4 Å². The van der Waals surface area contributed by atoms with Gasteiger partial charge >= 0.3 is 0 Å². The molecule has 0 radical (unpaired) electrons. The molecule has 0 N–H and O–H groups in total. The van der Waals surface area contributed by atoms with E-state index in [1.165, 1.54) is 0 Å². The first-order valence-corrected chi connectivity index (χ1v) is 9.86. The molecule has 0 unspecified atom stereocenters. The predicted octanol–water partition coefficient (Wildman–Crippen LogP) is 3.64. The van der Waals surface area contributed by atoms with Gasteiger partial charge in [0.05, 0.1) is 11.8 Å². The second-order valence-corrected chi connectivity index (χ2v) is 7.50. The third-order valence-corrected chi connectivity index (χ3v) is 5.53. The van der Waals surface area contributed by atoms with Crippen molar-refractivity contribution in [3.63, 3.8) is 0 Å². The Labute approximate surface area is 170 Å². The van der Waals surface area contributed by atoms with Gasteiger partial charge in [-0.2, -0.15) is 5.10 Å². The Bertz CT molecular complexity index is 1020. The molecule has 0 saturated carbocycles. The Kier molecular flexibility index (Phi) is 5.29. The van der Waals surface area contributed by atoms with Crippen LogP contribution >= 0.6 is 0 Å². The number of aromatic nitrogens is 4. The van der Waals surface area contributed by atoms with Gasteiger partial charge in [0.15, 0.2) is 0 Å². The minimum Gasteiger partial charge on any atom is -0.437 e. The maximum Gasteiger partial charge on any atom is 0.257 e. The Morgan fingerprint density at radius 1 is 1.14 bits per heavy atom. The summed E-state index contributed by atoms with van der Waals surface area (Å²) >= 11 is 0. The quantitative estimate of drug-likeness (QED) is 0.679. The number of piperidine rings is 1. The zero-order chi connectivity index (χ0) is 20.4. The molecule has 0 bridgehead atoms. The fourth-order valence-electron chi connectivity index (χ4n) is 3.72. The number of nitrogens with zero attached hydrogens (tertiary/aromatic N) is 5. The van der Waals surface area contributed by atoms with Crippen LogP contribution < -0.4 is 4.74 Å². The number of amides is 1. The summed E-state index contributed by atoms with van der Waals surface area (Å²) in [7, 11) is 1.85. The van der Waals surface area contributed by atoms with Gasteiger partial charge in [0.2, 0.25) is 5.88 Å². The van der Waals surface area contributed by atoms with Crippen molar-refractivity contribution in [3.05, 3.63) is 65.4 Å². The molecular weight excluding hydrogens is 366 g/mol. The molecule has 3 aromatic rings. The molecule has 1 amide bonds. The lowest BCUT2D eigenvalue weighted by Gasteiger charge is -2.32. The molecule has 1 aromatic carbocycles. The zero-order valence-electron chi connectivity index (χ0n) is 17.0. The summed E-state index contributed by atoms with van der Waals surface area (Å²) in [6.07, 6.45) is 6.66. The van der Waals surface area contributed by atoms with E-state index >= 15 is 0 Å². The van der Waals surface area contributed by atoms with Gasteiger partial charge in [0.25, 0.3) is 5.91 Å². The first kappa shape index (κ1) is 19.1. The van der Waals surface area contributed by atoms with Crippen LogP contribution in [0, 0.1) is 13.8 Å². The Morgan fingerprint density at radius 3 is 2.59 bits per heavy atom. The van der Waals surface area contributed by atoms with E-state index in [-0.39, 0.29) is 11.8 Å². The minimum absolute atomic E-state index is 0.0458. The Morgan fingerprint density at radius 2 is 1.90 bits per heavy atom. The number of carbonyl (C=O) groups is 1. The number of likely N-dealkylation sites (tertiary alicyclic amines) is 1. The van der Waals surface area contributed by atoms with Crippen LogP contribution in [0.5, 0.6) is 11.6 Å². The normalized spacial score (nSPS) is 14.8. The number of aryl methyl sites for hydroxylation is 2. The molecule has 0 spiro atoms. The zero-order valence-corrected chi connectivity index (χ0v) is 17.0. The van der Waals surface area contributed by atoms with Gasteiger partial charge in [-0.25, -0.2) is 4.98 Å². The van der Waals surface area contributed by atoms with Gasteiger partial charge in [-0.1, -0.05) is 12.1 Å². The maximum atomic E-state index is 12.8. The van der Waals surface area contributed by atoms with Crippen LogP contribution in [-0.2, 0) is 7.05 Å². The third-order valence-electron chi connectivity index (χ3n) is 5.53. The first-order chi connectivity index (χ1) is 14.0. The highest BCUT2D eigenvalue weighted by atomic mass is 16.5. The second kappa shape index (κ2) is 8.03. The average molecular weight is 391 g/mol. The molecule has 1 saturated heterocycles. The SMILES string of the molecule is Cc1cccc(Oc2nccnc2C2CCN(C(=O)c3cnn(C)c3C)CC2)c1. The van der Waals surface area contributed by atoms with Crippen molar-refractivity contribution in [2.45, 2.75) is 32.6 Å². The molecular formula is C22H25N5O2. The van der Waals surface area contributed by atoms with Gasteiger partial charge in [-0.05, 0) is 44.4 Å². The second-order valence-electron chi connectivity index (χ2n) is 7.50. The summed E-state index contributed by atoms with van der Waals surface area (Å²) in [5.41, 5.74) is 3.55. The molecule has 29 heavy (non-hydrogen) atoms. The number of benzene rings is 1. The molecule has 1 fully saturated rings. The highest BCUT2D eigenvalue weighted by molar-refractivity contribution is 5.95. The van der Waals surface area contributed by atoms with Crippen LogP contribution in [0.4, 0.5) is 0 Å². The molecule has 0 aliphatic carbocycles. The van der Waals surface area contributed by atoms with Crippen molar-refractivity contribution >= 4 is 5.91 Å². The average Bonchev–Trinajstić information content (AvgIpc) is 3.07. The minimum atomic E-state index is 0.0458. The number of hydrogen-bond donors (Lipinski definition) is 0. The predicted molar refractivity (Wildman–Crippen MR) is 109 cm³/mol. The van der Waals surface area contributed by atoms with Crippen molar-refractivity contribution in [2.75, 3.05) is 13.1 Å². The molecule has 0 atom stereocenters. The van der Waals surface area contributed by atoms with Crippen LogP contribution in [0.3, 0.4) is 0 Å². The van der Waals surface area contributed by atoms with Crippen molar-refractivity contribution in [2.24, 2.45) is 7.05 Å². The van der Waals surface area contributed by atoms with E-state index in [1.807, 2.05) is 50.1 Å². The van der Waals surface area contributed by atoms with E-state index in [9.17, 15) is 4.79 Å². The Hall–Kier alpha value is -3.22. The lowest BCUT2D eigenvalue weighted by Crippen LogP contribution is -2.38. The summed E-state index contributed by atoms with van der Waals surface area (Å²) in [5, 5.41) is 4.19. The molecule has 7 nitrogen and oxygen atoms in total. The number of hydrogen-bond acceptors (Lipinski definition) is 5. The number of rotatable bonds is 4. The fourth-order valence-corrected chi connectivity index (χ4v) is 3.72. The van der Waals surface area contributed by atoms with Gasteiger partial charge in [-0.15, -0.1) is 0 Å². The summed E-state index contributed by atoms with van der Waals surface area (Å²) in [4.78, 5) is 23.7. The van der Waals surface area contributed by atoms with E-state index in [0.717, 1.165) is 35.5 Å².